The van der Waals surface area contributed by atoms with Crippen LogP contribution in [0.2, 0.25) is 0 Å². The van der Waals surface area contributed by atoms with Crippen LogP contribution in [0.5, 0.6) is 0 Å². The molecule has 1 aliphatic carbocycles. The fourth-order valence-electron chi connectivity index (χ4n) is 3.70. The summed E-state index contributed by atoms with van der Waals surface area (Å²) in [6.45, 7) is 9.34. The van der Waals surface area contributed by atoms with E-state index in [1.165, 1.54) is 37.0 Å². The Balaban J connectivity index is 1.60. The van der Waals surface area contributed by atoms with Crippen LogP contribution in [-0.2, 0) is 0 Å². The molecule has 1 aromatic carbocycles. The van der Waals surface area contributed by atoms with Gasteiger partial charge >= 0.3 is 0 Å². The molecule has 3 heteroatoms. The van der Waals surface area contributed by atoms with Gasteiger partial charge in [-0.15, -0.1) is 0 Å². The van der Waals surface area contributed by atoms with E-state index in [1.54, 1.807) is 11.9 Å². The molecule has 130 valence electrons. The highest BCUT2D eigenvalue weighted by Crippen LogP contribution is 2.33. The number of nitrogens with one attached hydrogen (secondary N) is 2. The molecule has 0 radical (unpaired) electrons. The van der Waals surface area contributed by atoms with Crippen LogP contribution in [-0.4, -0.2) is 19.1 Å². The third kappa shape index (κ3) is 7.28. The van der Waals surface area contributed by atoms with Crippen molar-refractivity contribution in [3.05, 3.63) is 30.3 Å². The quantitative estimate of drug-likeness (QED) is 0.484. The molecule has 0 amide bonds. The number of rotatable bonds is 9. The molecule has 3 unspecified atom stereocenters. The van der Waals surface area contributed by atoms with Gasteiger partial charge in [0, 0.05) is 17.5 Å². The van der Waals surface area contributed by atoms with Crippen molar-refractivity contribution in [1.82, 2.24) is 10.0 Å². The lowest BCUT2D eigenvalue weighted by Gasteiger charge is -2.36. The van der Waals surface area contributed by atoms with Crippen molar-refractivity contribution in [2.24, 2.45) is 17.8 Å². The van der Waals surface area contributed by atoms with E-state index >= 15 is 0 Å². The van der Waals surface area contributed by atoms with Crippen LogP contribution in [0.1, 0.15) is 52.9 Å². The summed E-state index contributed by atoms with van der Waals surface area (Å²) in [5.41, 5.74) is 0. The Morgan fingerprint density at radius 3 is 2.65 bits per heavy atom. The third-order valence-corrected chi connectivity index (χ3v) is 5.67. The van der Waals surface area contributed by atoms with E-state index in [4.69, 9.17) is 0 Å². The van der Waals surface area contributed by atoms with Crippen molar-refractivity contribution in [2.75, 3.05) is 13.1 Å². The van der Waals surface area contributed by atoms with Crippen LogP contribution in [0.4, 0.5) is 0 Å². The van der Waals surface area contributed by atoms with Crippen LogP contribution in [0.3, 0.4) is 0 Å². The van der Waals surface area contributed by atoms with Gasteiger partial charge in [-0.2, -0.15) is 0 Å². The fraction of sp³-hybridized carbons (Fsp3) is 0.700. The summed E-state index contributed by atoms with van der Waals surface area (Å²) in [4.78, 5) is 1.29. The Labute approximate surface area is 147 Å². The van der Waals surface area contributed by atoms with Crippen LogP contribution in [0.25, 0.3) is 0 Å². The van der Waals surface area contributed by atoms with Crippen molar-refractivity contribution < 1.29 is 0 Å². The zero-order valence-corrected chi connectivity index (χ0v) is 15.9. The van der Waals surface area contributed by atoms with Gasteiger partial charge in [-0.05, 0) is 80.5 Å². The SMILES string of the molecule is CC(C)CC1CC(C)CCC1NCCCNSc1ccccc1. The lowest BCUT2D eigenvalue weighted by Crippen LogP contribution is -2.41. The van der Waals surface area contributed by atoms with Crippen LogP contribution in [0.15, 0.2) is 35.2 Å². The second kappa shape index (κ2) is 10.4. The molecule has 1 saturated carbocycles. The zero-order chi connectivity index (χ0) is 16.5. The van der Waals surface area contributed by atoms with Crippen molar-refractivity contribution in [3.63, 3.8) is 0 Å². The van der Waals surface area contributed by atoms with E-state index in [0.29, 0.717) is 0 Å². The third-order valence-electron chi connectivity index (χ3n) is 4.81. The molecule has 0 heterocycles. The fourth-order valence-corrected chi connectivity index (χ4v) is 4.41. The molecule has 23 heavy (non-hydrogen) atoms. The maximum atomic E-state index is 3.85. The molecule has 3 atom stereocenters. The van der Waals surface area contributed by atoms with Gasteiger partial charge in [0.05, 0.1) is 0 Å². The van der Waals surface area contributed by atoms with Crippen LogP contribution < -0.4 is 10.0 Å². The van der Waals surface area contributed by atoms with Gasteiger partial charge in [0.25, 0.3) is 0 Å². The van der Waals surface area contributed by atoms with Crippen molar-refractivity contribution >= 4 is 11.9 Å². The second-order valence-electron chi connectivity index (χ2n) is 7.53. The maximum Gasteiger partial charge on any atom is 0.0228 e. The number of hydrogen-bond acceptors (Lipinski definition) is 3. The minimum absolute atomic E-state index is 0.746. The smallest absolute Gasteiger partial charge is 0.0228 e. The molecule has 2 rings (SSSR count). The number of hydrogen-bond donors (Lipinski definition) is 2. The Hall–Kier alpha value is -0.510. The van der Waals surface area contributed by atoms with Crippen molar-refractivity contribution in [2.45, 2.75) is 63.8 Å². The van der Waals surface area contributed by atoms with Crippen molar-refractivity contribution in [1.29, 1.82) is 0 Å². The first-order valence-corrected chi connectivity index (χ1v) is 10.1. The Morgan fingerprint density at radius 2 is 1.91 bits per heavy atom. The normalized spacial score (nSPS) is 25.0. The largest absolute Gasteiger partial charge is 0.314 e. The van der Waals surface area contributed by atoms with Gasteiger partial charge in [0.2, 0.25) is 0 Å². The first kappa shape index (κ1) is 18.8. The molecule has 1 fully saturated rings. The number of benzene rings is 1. The van der Waals surface area contributed by atoms with E-state index in [9.17, 15) is 0 Å². The Bertz CT molecular complexity index is 419. The summed E-state index contributed by atoms with van der Waals surface area (Å²) in [6, 6.07) is 11.3. The molecule has 2 N–H and O–H groups in total. The van der Waals surface area contributed by atoms with Gasteiger partial charge in [-0.3, -0.25) is 4.72 Å². The molecule has 0 saturated heterocycles. The maximum absolute atomic E-state index is 3.85. The minimum Gasteiger partial charge on any atom is -0.314 e. The molecule has 0 aromatic heterocycles. The molecule has 0 aliphatic heterocycles. The van der Waals surface area contributed by atoms with Gasteiger partial charge in [0.1, 0.15) is 0 Å². The topological polar surface area (TPSA) is 24.1 Å². The zero-order valence-electron chi connectivity index (χ0n) is 15.1. The molecular formula is C20H34N2S. The monoisotopic (exact) mass is 334 g/mol. The van der Waals surface area contributed by atoms with Crippen molar-refractivity contribution in [3.8, 4) is 0 Å². The van der Waals surface area contributed by atoms with Gasteiger partial charge < -0.3 is 5.32 Å². The standard InChI is InChI=1S/C20H34N2S/c1-16(2)14-18-15-17(3)10-11-20(18)21-12-7-13-22-23-19-8-5-4-6-9-19/h4-6,8-9,16-18,20-22H,7,10-15H2,1-3H3. The van der Waals surface area contributed by atoms with Crippen LogP contribution >= 0.6 is 11.9 Å². The second-order valence-corrected chi connectivity index (χ2v) is 8.50. The first-order valence-electron chi connectivity index (χ1n) is 9.33. The van der Waals surface area contributed by atoms with E-state index in [-0.39, 0.29) is 0 Å². The first-order chi connectivity index (χ1) is 11.1. The molecule has 1 aliphatic rings. The molecule has 2 nitrogen and oxygen atoms in total. The van der Waals surface area contributed by atoms with Gasteiger partial charge in [-0.1, -0.05) is 39.0 Å². The minimum atomic E-state index is 0.746. The Morgan fingerprint density at radius 1 is 1.13 bits per heavy atom. The predicted molar refractivity (Wildman–Crippen MR) is 103 cm³/mol. The summed E-state index contributed by atoms with van der Waals surface area (Å²) in [6.07, 6.45) is 6.75. The lowest BCUT2D eigenvalue weighted by atomic mass is 9.75. The summed E-state index contributed by atoms with van der Waals surface area (Å²) < 4.78 is 3.47. The average Bonchev–Trinajstić information content (AvgIpc) is 2.53. The van der Waals surface area contributed by atoms with E-state index in [1.807, 2.05) is 0 Å². The molecule has 0 bridgehead atoms. The lowest BCUT2D eigenvalue weighted by molar-refractivity contribution is 0.187. The van der Waals surface area contributed by atoms with Crippen LogP contribution in [0, 0.1) is 17.8 Å². The van der Waals surface area contributed by atoms with E-state index in [2.05, 4.69) is 61.1 Å². The predicted octanol–water partition coefficient (Wildman–Crippen LogP) is 5.11. The summed E-state index contributed by atoms with van der Waals surface area (Å²) in [5.74, 6) is 2.62. The molecule has 0 spiro atoms. The van der Waals surface area contributed by atoms with E-state index < -0.39 is 0 Å². The summed E-state index contributed by atoms with van der Waals surface area (Å²) >= 11 is 1.74. The Kier molecular flexibility index (Phi) is 8.49. The highest BCUT2D eigenvalue weighted by atomic mass is 32.2. The highest BCUT2D eigenvalue weighted by molar-refractivity contribution is 7.97. The molecule has 1 aromatic rings. The van der Waals surface area contributed by atoms with Gasteiger partial charge in [-0.25, -0.2) is 0 Å². The average molecular weight is 335 g/mol. The highest BCUT2D eigenvalue weighted by Gasteiger charge is 2.28. The van der Waals surface area contributed by atoms with Gasteiger partial charge in [0.15, 0.2) is 0 Å². The summed E-state index contributed by atoms with van der Waals surface area (Å²) in [5, 5.41) is 3.85. The van der Waals surface area contributed by atoms with E-state index in [0.717, 1.165) is 36.9 Å². The summed E-state index contributed by atoms with van der Waals surface area (Å²) in [7, 11) is 0. The molecular weight excluding hydrogens is 300 g/mol.